The summed E-state index contributed by atoms with van der Waals surface area (Å²) in [4.78, 5) is 12.0. The Morgan fingerprint density at radius 3 is 2.16 bits per heavy atom. The van der Waals surface area contributed by atoms with Crippen molar-refractivity contribution in [3.8, 4) is 5.75 Å². The molecule has 3 rings (SSSR count). The standard InChI is InChI=1S/C20H12F7N3O2/c21-15-12(16(22)18(24)19(25)17(15)23)9-30-8-7-13(29-30)28-14(31)6-3-10-1-4-11(5-2-10)32-20(26)27/h1-8,20H,9H2,(H,28,29,31)/b6-3-. The van der Waals surface area contributed by atoms with Crippen molar-refractivity contribution in [2.45, 2.75) is 13.2 Å². The highest BCUT2D eigenvalue weighted by molar-refractivity contribution is 6.01. The summed E-state index contributed by atoms with van der Waals surface area (Å²) in [6, 6.07) is 6.67. The van der Waals surface area contributed by atoms with Crippen LogP contribution < -0.4 is 10.1 Å². The zero-order chi connectivity index (χ0) is 23.4. The van der Waals surface area contributed by atoms with Crippen molar-refractivity contribution >= 4 is 17.8 Å². The van der Waals surface area contributed by atoms with Crippen LogP contribution in [0, 0.1) is 29.1 Å². The highest BCUT2D eigenvalue weighted by Gasteiger charge is 2.25. The average molecular weight is 459 g/mol. The summed E-state index contributed by atoms with van der Waals surface area (Å²) in [7, 11) is 0. The van der Waals surface area contributed by atoms with Gasteiger partial charge in [0.1, 0.15) is 5.75 Å². The lowest BCUT2D eigenvalue weighted by atomic mass is 10.1. The number of ether oxygens (including phenoxy) is 1. The van der Waals surface area contributed by atoms with E-state index in [4.69, 9.17) is 0 Å². The second-order valence-electron chi connectivity index (χ2n) is 6.22. The number of alkyl halides is 2. The van der Waals surface area contributed by atoms with Crippen molar-refractivity contribution in [1.82, 2.24) is 9.78 Å². The third-order valence-electron chi connectivity index (χ3n) is 4.05. The van der Waals surface area contributed by atoms with Gasteiger partial charge < -0.3 is 10.1 Å². The summed E-state index contributed by atoms with van der Waals surface area (Å²) >= 11 is 0. The number of benzene rings is 2. The zero-order valence-corrected chi connectivity index (χ0v) is 15.8. The van der Waals surface area contributed by atoms with Crippen LogP contribution in [0.1, 0.15) is 11.1 Å². The van der Waals surface area contributed by atoms with Crippen LogP contribution in [0.15, 0.2) is 42.6 Å². The quantitative estimate of drug-likeness (QED) is 0.237. The van der Waals surface area contributed by atoms with Crippen LogP contribution in [0.25, 0.3) is 6.08 Å². The first-order chi connectivity index (χ1) is 15.2. The van der Waals surface area contributed by atoms with Crippen LogP contribution in [0.4, 0.5) is 36.6 Å². The number of nitrogens with one attached hydrogen (secondary N) is 1. The third-order valence-corrected chi connectivity index (χ3v) is 4.05. The molecule has 168 valence electrons. The van der Waals surface area contributed by atoms with Crippen LogP contribution >= 0.6 is 0 Å². The minimum Gasteiger partial charge on any atom is -0.435 e. The molecule has 12 heteroatoms. The number of amides is 1. The number of hydrogen-bond acceptors (Lipinski definition) is 3. The number of carbonyl (C=O) groups is 1. The van der Waals surface area contributed by atoms with Gasteiger partial charge >= 0.3 is 6.61 Å². The maximum absolute atomic E-state index is 13.8. The Morgan fingerprint density at radius 2 is 1.56 bits per heavy atom. The van der Waals surface area contributed by atoms with E-state index >= 15 is 0 Å². The molecule has 3 aromatic rings. The second kappa shape index (κ2) is 9.54. The average Bonchev–Trinajstić information content (AvgIpc) is 3.20. The lowest BCUT2D eigenvalue weighted by Crippen LogP contribution is -2.12. The monoisotopic (exact) mass is 459 g/mol. The van der Waals surface area contributed by atoms with Crippen molar-refractivity contribution in [2.24, 2.45) is 0 Å². The van der Waals surface area contributed by atoms with E-state index in [0.29, 0.717) is 5.56 Å². The van der Waals surface area contributed by atoms with Crippen LogP contribution in [-0.4, -0.2) is 22.3 Å². The third kappa shape index (κ3) is 5.25. The van der Waals surface area contributed by atoms with Crippen molar-refractivity contribution < 1.29 is 40.3 Å². The van der Waals surface area contributed by atoms with Crippen molar-refractivity contribution in [1.29, 1.82) is 0 Å². The molecule has 0 fully saturated rings. The normalized spacial score (nSPS) is 11.4. The molecule has 1 N–H and O–H groups in total. The van der Waals surface area contributed by atoms with Gasteiger partial charge in [0.15, 0.2) is 29.1 Å². The van der Waals surface area contributed by atoms with E-state index in [0.717, 1.165) is 10.8 Å². The van der Waals surface area contributed by atoms with Crippen LogP contribution in [0.2, 0.25) is 0 Å². The van der Waals surface area contributed by atoms with Gasteiger partial charge in [-0.2, -0.15) is 13.9 Å². The zero-order valence-electron chi connectivity index (χ0n) is 15.8. The molecule has 0 aliphatic rings. The molecule has 0 saturated carbocycles. The van der Waals surface area contributed by atoms with Gasteiger partial charge in [-0.15, -0.1) is 0 Å². The van der Waals surface area contributed by atoms with Crippen molar-refractivity contribution in [3.05, 3.63) is 82.8 Å². The number of aromatic nitrogens is 2. The van der Waals surface area contributed by atoms with E-state index < -0.39 is 53.7 Å². The minimum atomic E-state index is -2.96. The molecular formula is C20H12F7N3O2. The fraction of sp³-hybridized carbons (Fsp3) is 0.100. The maximum atomic E-state index is 13.8. The van der Waals surface area contributed by atoms with E-state index in [1.807, 2.05) is 0 Å². The number of anilines is 1. The van der Waals surface area contributed by atoms with Gasteiger partial charge in [-0.05, 0) is 23.8 Å². The van der Waals surface area contributed by atoms with Gasteiger partial charge in [-0.25, -0.2) is 22.0 Å². The van der Waals surface area contributed by atoms with Gasteiger partial charge in [0, 0.05) is 18.3 Å². The fourth-order valence-corrected chi connectivity index (χ4v) is 2.57. The molecule has 0 atom stereocenters. The molecule has 32 heavy (non-hydrogen) atoms. The van der Waals surface area contributed by atoms with E-state index in [-0.39, 0.29) is 11.6 Å². The Hall–Kier alpha value is -3.83. The van der Waals surface area contributed by atoms with Crippen LogP contribution in [-0.2, 0) is 11.3 Å². The summed E-state index contributed by atoms with van der Waals surface area (Å²) in [5.41, 5.74) is -0.583. The topological polar surface area (TPSA) is 56.1 Å². The first-order valence-electron chi connectivity index (χ1n) is 8.73. The summed E-state index contributed by atoms with van der Waals surface area (Å²) in [5, 5.41) is 6.13. The Labute approximate surface area is 175 Å². The number of nitrogens with zero attached hydrogens (tertiary/aromatic N) is 2. The molecule has 0 radical (unpaired) electrons. The van der Waals surface area contributed by atoms with Gasteiger partial charge in [0.05, 0.1) is 12.1 Å². The Balaban J connectivity index is 1.64. The summed E-state index contributed by atoms with van der Waals surface area (Å²) < 4.78 is 96.5. The minimum absolute atomic E-state index is 0.0517. The number of rotatable bonds is 7. The molecule has 2 aromatic carbocycles. The molecule has 5 nitrogen and oxygen atoms in total. The lowest BCUT2D eigenvalue weighted by Gasteiger charge is -2.08. The van der Waals surface area contributed by atoms with Gasteiger partial charge in [-0.3, -0.25) is 9.48 Å². The molecule has 1 amide bonds. The van der Waals surface area contributed by atoms with E-state index in [1.165, 1.54) is 42.6 Å². The molecule has 0 unspecified atom stereocenters. The van der Waals surface area contributed by atoms with E-state index in [9.17, 15) is 35.5 Å². The molecule has 0 spiro atoms. The fourth-order valence-electron chi connectivity index (χ4n) is 2.57. The highest BCUT2D eigenvalue weighted by atomic mass is 19.3. The SMILES string of the molecule is O=C(/C=C\c1ccc(OC(F)F)cc1)Nc1ccn(Cc2c(F)c(F)c(F)c(F)c2F)n1. The summed E-state index contributed by atoms with van der Waals surface area (Å²) in [5.74, 6) is -11.1. The summed E-state index contributed by atoms with van der Waals surface area (Å²) in [6.45, 7) is -3.74. The predicted octanol–water partition coefficient (Wildman–Crippen LogP) is 4.88. The van der Waals surface area contributed by atoms with Crippen molar-refractivity contribution in [2.75, 3.05) is 5.32 Å². The van der Waals surface area contributed by atoms with Crippen LogP contribution in [0.5, 0.6) is 5.75 Å². The highest BCUT2D eigenvalue weighted by Crippen LogP contribution is 2.24. The molecular weight excluding hydrogens is 447 g/mol. The first-order valence-corrected chi connectivity index (χ1v) is 8.73. The van der Waals surface area contributed by atoms with E-state index in [2.05, 4.69) is 15.2 Å². The first kappa shape index (κ1) is 22.8. The summed E-state index contributed by atoms with van der Waals surface area (Å²) in [6.07, 6.45) is 3.64. The van der Waals surface area contributed by atoms with Gasteiger partial charge in [0.25, 0.3) is 0 Å². The Kier molecular flexibility index (Phi) is 6.81. The maximum Gasteiger partial charge on any atom is 0.387 e. The van der Waals surface area contributed by atoms with Gasteiger partial charge in [-0.1, -0.05) is 12.1 Å². The van der Waals surface area contributed by atoms with Crippen LogP contribution in [0.3, 0.4) is 0 Å². The lowest BCUT2D eigenvalue weighted by molar-refractivity contribution is -0.111. The second-order valence-corrected chi connectivity index (χ2v) is 6.22. The van der Waals surface area contributed by atoms with Crippen molar-refractivity contribution in [3.63, 3.8) is 0 Å². The number of hydrogen-bond donors (Lipinski definition) is 1. The molecule has 0 saturated heterocycles. The smallest absolute Gasteiger partial charge is 0.387 e. The van der Waals surface area contributed by atoms with Gasteiger partial charge in [0.2, 0.25) is 11.7 Å². The largest absolute Gasteiger partial charge is 0.435 e. The molecule has 0 bridgehead atoms. The Morgan fingerprint density at radius 1 is 0.969 bits per heavy atom. The molecule has 0 aliphatic heterocycles. The Bertz CT molecular complexity index is 1130. The van der Waals surface area contributed by atoms with E-state index in [1.54, 1.807) is 0 Å². The predicted molar refractivity (Wildman–Crippen MR) is 98.3 cm³/mol. The molecule has 1 aromatic heterocycles. The molecule has 1 heterocycles. The number of halogens is 7. The molecule has 0 aliphatic carbocycles. The number of carbonyl (C=O) groups excluding carboxylic acids is 1.